The Balaban J connectivity index is 2.14. The van der Waals surface area contributed by atoms with Crippen LogP contribution in [-0.4, -0.2) is 33.4 Å². The summed E-state index contributed by atoms with van der Waals surface area (Å²) in [7, 11) is -0.507. The van der Waals surface area contributed by atoms with E-state index in [1.807, 2.05) is 18.9 Å². The van der Waals surface area contributed by atoms with Gasteiger partial charge in [0, 0.05) is 18.2 Å². The lowest BCUT2D eigenvalue weighted by atomic mass is 10.1. The summed E-state index contributed by atoms with van der Waals surface area (Å²) in [6.45, 7) is 2.45. The van der Waals surface area contributed by atoms with Crippen molar-refractivity contribution in [3.05, 3.63) is 53.5 Å². The number of carbonyl (C=O) groups excluding carboxylic acids is 1. The van der Waals surface area contributed by atoms with Crippen LogP contribution in [0.2, 0.25) is 0 Å². The molecule has 0 fully saturated rings. The highest BCUT2D eigenvalue weighted by Gasteiger charge is 2.20. The van der Waals surface area contributed by atoms with E-state index < -0.39 is 16.0 Å². The van der Waals surface area contributed by atoms with Gasteiger partial charge in [0.25, 0.3) is 0 Å². The van der Waals surface area contributed by atoms with Crippen molar-refractivity contribution in [1.29, 1.82) is 0 Å². The summed E-state index contributed by atoms with van der Waals surface area (Å²) >= 11 is 0. The average molecular weight is 352 g/mol. The van der Waals surface area contributed by atoms with Gasteiger partial charge in [-0.25, -0.2) is 18.4 Å². The molecule has 2 aromatic rings. The average Bonchev–Trinajstić information content (AvgIpc) is 3.00. The van der Waals surface area contributed by atoms with Crippen molar-refractivity contribution in [3.8, 4) is 0 Å². The van der Waals surface area contributed by atoms with E-state index >= 15 is 0 Å². The van der Waals surface area contributed by atoms with Gasteiger partial charge in [-0.2, -0.15) is 0 Å². The minimum atomic E-state index is -3.70. The monoisotopic (exact) mass is 352 g/mol. The number of rotatable bonds is 6. The summed E-state index contributed by atoms with van der Waals surface area (Å²) < 4.78 is 32.5. The topological polar surface area (TPSA) is 103 Å². The number of benzene rings is 1. The Hall–Kier alpha value is -2.16. The predicted octanol–water partition coefficient (Wildman–Crippen LogP) is 1.91. The lowest BCUT2D eigenvalue weighted by molar-refractivity contribution is 0.0561. The summed E-state index contributed by atoms with van der Waals surface area (Å²) in [5, 5.41) is 5.10. The molecular weight excluding hydrogens is 332 g/mol. The van der Waals surface area contributed by atoms with Gasteiger partial charge in [-0.15, -0.1) is 0 Å². The van der Waals surface area contributed by atoms with Crippen molar-refractivity contribution < 1.29 is 22.4 Å². The molecule has 0 bridgehead atoms. The van der Waals surface area contributed by atoms with Crippen LogP contribution in [-0.2, 0) is 21.3 Å². The van der Waals surface area contributed by atoms with Gasteiger partial charge < -0.3 is 9.15 Å². The van der Waals surface area contributed by atoms with Gasteiger partial charge in [-0.3, -0.25) is 4.90 Å². The second-order valence-electron chi connectivity index (χ2n) is 5.47. The van der Waals surface area contributed by atoms with Crippen LogP contribution in [0.3, 0.4) is 0 Å². The van der Waals surface area contributed by atoms with Crippen LogP contribution in [0.1, 0.15) is 34.6 Å². The SMILES string of the molecule is COC(=O)c1occc1CN(C)C(C)c1ccc(S(N)(=O)=O)cc1. The van der Waals surface area contributed by atoms with E-state index in [0.717, 1.165) is 11.1 Å². The quantitative estimate of drug-likeness (QED) is 0.797. The molecule has 24 heavy (non-hydrogen) atoms. The van der Waals surface area contributed by atoms with Crippen LogP contribution in [0.5, 0.6) is 0 Å². The Morgan fingerprint density at radius 1 is 1.29 bits per heavy atom. The molecule has 1 aromatic carbocycles. The molecular formula is C16H20N2O5S. The number of furan rings is 1. The van der Waals surface area contributed by atoms with Gasteiger partial charge in [0.05, 0.1) is 18.3 Å². The zero-order valence-electron chi connectivity index (χ0n) is 13.7. The third kappa shape index (κ3) is 4.02. The van der Waals surface area contributed by atoms with E-state index in [-0.39, 0.29) is 16.7 Å². The van der Waals surface area contributed by atoms with Crippen molar-refractivity contribution in [2.75, 3.05) is 14.2 Å². The minimum Gasteiger partial charge on any atom is -0.463 e. The van der Waals surface area contributed by atoms with E-state index in [9.17, 15) is 13.2 Å². The molecule has 0 aliphatic carbocycles. The third-order valence-corrected chi connectivity index (χ3v) is 4.82. The van der Waals surface area contributed by atoms with Crippen molar-refractivity contribution >= 4 is 16.0 Å². The lowest BCUT2D eigenvalue weighted by Crippen LogP contribution is -2.23. The molecule has 1 atom stereocenters. The Morgan fingerprint density at radius 2 is 1.92 bits per heavy atom. The summed E-state index contributed by atoms with van der Waals surface area (Å²) in [5.41, 5.74) is 1.64. The Bertz CT molecular complexity index is 811. The summed E-state index contributed by atoms with van der Waals surface area (Å²) in [6, 6.07) is 8.11. The van der Waals surface area contributed by atoms with Crippen molar-refractivity contribution in [2.45, 2.75) is 24.4 Å². The molecule has 0 amide bonds. The Kier molecular flexibility index (Phi) is 5.43. The Morgan fingerprint density at radius 3 is 2.46 bits per heavy atom. The fraction of sp³-hybridized carbons (Fsp3) is 0.312. The standard InChI is InChI=1S/C16H20N2O5S/c1-11(12-4-6-14(7-5-12)24(17,20)21)18(2)10-13-8-9-23-15(13)16(19)22-3/h4-9,11H,10H2,1-3H3,(H2,17,20,21). The van der Waals surface area contributed by atoms with Crippen molar-refractivity contribution in [2.24, 2.45) is 5.14 Å². The zero-order chi connectivity index (χ0) is 17.9. The molecule has 0 saturated carbocycles. The van der Waals surface area contributed by atoms with Gasteiger partial charge in [-0.05, 0) is 37.7 Å². The normalized spacial score (nSPS) is 13.0. The molecule has 0 radical (unpaired) electrons. The van der Waals surface area contributed by atoms with Crippen molar-refractivity contribution in [1.82, 2.24) is 4.90 Å². The maximum absolute atomic E-state index is 11.6. The largest absolute Gasteiger partial charge is 0.463 e. The molecule has 0 spiro atoms. The molecule has 130 valence electrons. The maximum atomic E-state index is 11.6. The highest BCUT2D eigenvalue weighted by Crippen LogP contribution is 2.23. The third-order valence-electron chi connectivity index (χ3n) is 3.89. The van der Waals surface area contributed by atoms with E-state index in [1.54, 1.807) is 18.2 Å². The first-order chi connectivity index (χ1) is 11.2. The van der Waals surface area contributed by atoms with Crippen molar-refractivity contribution in [3.63, 3.8) is 0 Å². The van der Waals surface area contributed by atoms with Crippen LogP contribution in [0.15, 0.2) is 45.9 Å². The number of methoxy groups -OCH3 is 1. The van der Waals surface area contributed by atoms with Crippen LogP contribution < -0.4 is 5.14 Å². The first-order valence-electron chi connectivity index (χ1n) is 7.21. The zero-order valence-corrected chi connectivity index (χ0v) is 14.5. The van der Waals surface area contributed by atoms with Gasteiger partial charge >= 0.3 is 5.97 Å². The molecule has 2 rings (SSSR count). The summed E-state index contributed by atoms with van der Waals surface area (Å²) in [6.07, 6.45) is 1.45. The molecule has 7 nitrogen and oxygen atoms in total. The molecule has 0 aliphatic heterocycles. The fourth-order valence-electron chi connectivity index (χ4n) is 2.33. The van der Waals surface area contributed by atoms with Crippen LogP contribution in [0.25, 0.3) is 0 Å². The van der Waals surface area contributed by atoms with E-state index in [2.05, 4.69) is 4.74 Å². The molecule has 2 N–H and O–H groups in total. The number of hydrogen-bond donors (Lipinski definition) is 1. The number of carbonyl (C=O) groups is 1. The second-order valence-corrected chi connectivity index (χ2v) is 7.03. The molecule has 1 unspecified atom stereocenters. The number of nitrogens with two attached hydrogens (primary N) is 1. The van der Waals surface area contributed by atoms with E-state index in [0.29, 0.717) is 6.54 Å². The van der Waals surface area contributed by atoms with E-state index in [4.69, 9.17) is 9.56 Å². The molecule has 8 heteroatoms. The summed E-state index contributed by atoms with van der Waals surface area (Å²) in [5.74, 6) is -0.338. The molecule has 0 saturated heterocycles. The number of sulfonamides is 1. The maximum Gasteiger partial charge on any atom is 0.374 e. The summed E-state index contributed by atoms with van der Waals surface area (Å²) in [4.78, 5) is 13.7. The smallest absolute Gasteiger partial charge is 0.374 e. The molecule has 1 heterocycles. The first kappa shape index (κ1) is 18.2. The van der Waals surface area contributed by atoms with Crippen LogP contribution in [0, 0.1) is 0 Å². The highest BCUT2D eigenvalue weighted by atomic mass is 32.2. The van der Waals surface area contributed by atoms with Crippen LogP contribution in [0.4, 0.5) is 0 Å². The molecule has 1 aromatic heterocycles. The minimum absolute atomic E-state index is 0.0140. The van der Waals surface area contributed by atoms with Gasteiger partial charge in [-0.1, -0.05) is 12.1 Å². The first-order valence-corrected chi connectivity index (χ1v) is 8.76. The number of hydrogen-bond acceptors (Lipinski definition) is 6. The fourth-order valence-corrected chi connectivity index (χ4v) is 2.84. The highest BCUT2D eigenvalue weighted by molar-refractivity contribution is 7.89. The Labute approximate surface area is 141 Å². The van der Waals surface area contributed by atoms with E-state index in [1.165, 1.54) is 25.5 Å². The predicted molar refractivity (Wildman–Crippen MR) is 87.7 cm³/mol. The number of esters is 1. The molecule has 0 aliphatic rings. The van der Waals surface area contributed by atoms with Gasteiger partial charge in [0.1, 0.15) is 0 Å². The van der Waals surface area contributed by atoms with Gasteiger partial charge in [0.2, 0.25) is 15.8 Å². The lowest BCUT2D eigenvalue weighted by Gasteiger charge is -2.25. The van der Waals surface area contributed by atoms with Crippen LogP contribution >= 0.6 is 0 Å². The number of ether oxygens (including phenoxy) is 1. The number of primary sulfonamides is 1. The second kappa shape index (κ2) is 7.16. The number of nitrogens with zero attached hydrogens (tertiary/aromatic N) is 1. The van der Waals surface area contributed by atoms with Gasteiger partial charge in [0.15, 0.2) is 0 Å².